The van der Waals surface area contributed by atoms with Gasteiger partial charge < -0.3 is 5.73 Å². The fraction of sp³-hybridized carbons (Fsp3) is 0.300. The maximum absolute atomic E-state index is 11.1. The molecule has 76 valence electrons. The molecule has 1 amide bonds. The minimum atomic E-state index is -0.300. The van der Waals surface area contributed by atoms with Crippen LogP contribution < -0.4 is 11.1 Å². The molecule has 3 nitrogen and oxygen atoms in total. The van der Waals surface area contributed by atoms with Crippen molar-refractivity contribution in [1.29, 1.82) is 0 Å². The Labute approximate surface area is 97.2 Å². The van der Waals surface area contributed by atoms with Gasteiger partial charge in [-0.2, -0.15) is 0 Å². The summed E-state index contributed by atoms with van der Waals surface area (Å²) in [5, 5.41) is 3.04. The molecule has 0 saturated heterocycles. The van der Waals surface area contributed by atoms with E-state index in [1.54, 1.807) is 0 Å². The molecule has 1 rings (SSSR count). The van der Waals surface area contributed by atoms with Gasteiger partial charge in [-0.1, -0.05) is 52.9 Å². The molecule has 1 aromatic rings. The van der Waals surface area contributed by atoms with Crippen molar-refractivity contribution in [2.24, 2.45) is 5.73 Å². The van der Waals surface area contributed by atoms with Crippen LogP contribution in [0.2, 0.25) is 0 Å². The van der Waals surface area contributed by atoms with Crippen LogP contribution in [0.3, 0.4) is 0 Å². The van der Waals surface area contributed by atoms with Crippen LogP contribution >= 0.6 is 22.6 Å². The fourth-order valence-corrected chi connectivity index (χ4v) is 1.75. The van der Waals surface area contributed by atoms with Gasteiger partial charge in [0.05, 0.1) is 6.04 Å². The number of halogens is 1. The van der Waals surface area contributed by atoms with Gasteiger partial charge >= 0.3 is 0 Å². The van der Waals surface area contributed by atoms with Crippen molar-refractivity contribution >= 4 is 28.5 Å². The summed E-state index contributed by atoms with van der Waals surface area (Å²) in [7, 11) is 0. The first-order valence-electron chi connectivity index (χ1n) is 4.36. The Morgan fingerprint density at radius 1 is 1.43 bits per heavy atom. The molecule has 1 atom stereocenters. The molecule has 4 heteroatoms. The van der Waals surface area contributed by atoms with Crippen molar-refractivity contribution in [3.05, 3.63) is 35.9 Å². The third kappa shape index (κ3) is 3.63. The second-order valence-corrected chi connectivity index (χ2v) is 3.75. The Balaban J connectivity index is 2.60. The second kappa shape index (κ2) is 5.98. The van der Waals surface area contributed by atoms with E-state index in [9.17, 15) is 4.79 Å². The highest BCUT2D eigenvalue weighted by atomic mass is 127. The molecule has 14 heavy (non-hydrogen) atoms. The molecule has 1 unspecified atom stereocenters. The lowest BCUT2D eigenvalue weighted by molar-refractivity contribution is -0.119. The van der Waals surface area contributed by atoms with Gasteiger partial charge in [-0.15, -0.1) is 0 Å². The van der Waals surface area contributed by atoms with E-state index in [0.29, 0.717) is 6.42 Å². The predicted molar refractivity (Wildman–Crippen MR) is 65.2 cm³/mol. The topological polar surface area (TPSA) is 55.1 Å². The first-order valence-corrected chi connectivity index (χ1v) is 5.89. The molecule has 1 aromatic carbocycles. The average Bonchev–Trinajstić information content (AvgIpc) is 2.18. The molecule has 0 spiro atoms. The highest BCUT2D eigenvalue weighted by molar-refractivity contribution is 14.1. The third-order valence-corrected chi connectivity index (χ3v) is 2.39. The van der Waals surface area contributed by atoms with E-state index < -0.39 is 0 Å². The summed E-state index contributed by atoms with van der Waals surface area (Å²) in [6, 6.07) is 9.58. The van der Waals surface area contributed by atoms with Crippen molar-refractivity contribution in [2.75, 3.05) is 4.55 Å². The van der Waals surface area contributed by atoms with Gasteiger partial charge in [-0.3, -0.25) is 10.1 Å². The number of benzene rings is 1. The molecule has 0 heterocycles. The largest absolute Gasteiger partial charge is 0.368 e. The van der Waals surface area contributed by atoms with Gasteiger partial charge in [-0.05, 0) is 12.0 Å². The van der Waals surface area contributed by atoms with Gasteiger partial charge in [0.25, 0.3) is 0 Å². The lowest BCUT2D eigenvalue weighted by Gasteiger charge is -2.13. The molecule has 0 aromatic heterocycles. The molecular formula is C10H13IN2O. The standard InChI is InChI=1S/C10H13IN2O/c11-7-13-9(10(12)14)6-8-4-2-1-3-5-8/h1-5,9,13H,6-7H2,(H2,12,14). The maximum atomic E-state index is 11.1. The lowest BCUT2D eigenvalue weighted by atomic mass is 10.1. The van der Waals surface area contributed by atoms with Crippen LogP contribution in [0, 0.1) is 0 Å². The van der Waals surface area contributed by atoms with Crippen molar-refractivity contribution in [1.82, 2.24) is 5.32 Å². The summed E-state index contributed by atoms with van der Waals surface area (Å²) in [5.74, 6) is -0.300. The Morgan fingerprint density at radius 3 is 2.57 bits per heavy atom. The first-order chi connectivity index (χ1) is 6.74. The van der Waals surface area contributed by atoms with Gasteiger partial charge in [-0.25, -0.2) is 0 Å². The van der Waals surface area contributed by atoms with Crippen LogP contribution in [0.1, 0.15) is 5.56 Å². The smallest absolute Gasteiger partial charge is 0.234 e. The highest BCUT2D eigenvalue weighted by Crippen LogP contribution is 2.03. The third-order valence-electron chi connectivity index (χ3n) is 1.95. The van der Waals surface area contributed by atoms with Gasteiger partial charge in [0, 0.05) is 4.55 Å². The number of carbonyl (C=O) groups excluding carboxylic acids is 1. The Bertz CT molecular complexity index is 289. The quantitative estimate of drug-likeness (QED) is 0.486. The Morgan fingerprint density at radius 2 is 2.07 bits per heavy atom. The Kier molecular flexibility index (Phi) is 4.89. The van der Waals surface area contributed by atoms with Crippen LogP contribution in [0.15, 0.2) is 30.3 Å². The molecule has 0 aliphatic heterocycles. The van der Waals surface area contributed by atoms with Crippen molar-refractivity contribution < 1.29 is 4.79 Å². The molecule has 3 N–H and O–H groups in total. The van der Waals surface area contributed by atoms with Crippen LogP contribution in [0.25, 0.3) is 0 Å². The van der Waals surface area contributed by atoms with Crippen LogP contribution in [-0.4, -0.2) is 16.5 Å². The van der Waals surface area contributed by atoms with Crippen molar-refractivity contribution in [3.63, 3.8) is 0 Å². The predicted octanol–water partition coefficient (Wildman–Crippen LogP) is 1.07. The molecule has 0 aliphatic carbocycles. The minimum absolute atomic E-state index is 0.269. The van der Waals surface area contributed by atoms with E-state index in [2.05, 4.69) is 27.9 Å². The van der Waals surface area contributed by atoms with E-state index in [0.717, 1.165) is 10.1 Å². The van der Waals surface area contributed by atoms with Gasteiger partial charge in [0.2, 0.25) is 5.91 Å². The number of hydrogen-bond acceptors (Lipinski definition) is 2. The van der Waals surface area contributed by atoms with Crippen LogP contribution in [-0.2, 0) is 11.2 Å². The molecule has 0 fully saturated rings. The molecular weight excluding hydrogens is 291 g/mol. The highest BCUT2D eigenvalue weighted by Gasteiger charge is 2.13. The number of carbonyl (C=O) groups is 1. The zero-order chi connectivity index (χ0) is 10.4. The normalized spacial score (nSPS) is 12.4. The van der Waals surface area contributed by atoms with Crippen LogP contribution in [0.5, 0.6) is 0 Å². The molecule has 0 radical (unpaired) electrons. The van der Waals surface area contributed by atoms with Crippen molar-refractivity contribution in [2.45, 2.75) is 12.5 Å². The maximum Gasteiger partial charge on any atom is 0.234 e. The number of primary amides is 1. The van der Waals surface area contributed by atoms with Crippen LogP contribution in [0.4, 0.5) is 0 Å². The first kappa shape index (κ1) is 11.5. The van der Waals surface area contributed by atoms with E-state index in [1.165, 1.54) is 0 Å². The number of alkyl halides is 1. The zero-order valence-electron chi connectivity index (χ0n) is 7.74. The van der Waals surface area contributed by atoms with E-state index in [1.807, 2.05) is 30.3 Å². The molecule has 0 bridgehead atoms. The summed E-state index contributed by atoms with van der Waals surface area (Å²) in [6.07, 6.45) is 0.652. The number of nitrogens with one attached hydrogen (secondary N) is 1. The number of nitrogens with two attached hydrogens (primary N) is 1. The second-order valence-electron chi connectivity index (χ2n) is 2.98. The molecule has 0 saturated carbocycles. The lowest BCUT2D eigenvalue weighted by Crippen LogP contribution is -2.42. The SMILES string of the molecule is NC(=O)C(Cc1ccccc1)NCI. The average molecular weight is 304 g/mol. The summed E-state index contributed by atoms with van der Waals surface area (Å²) < 4.78 is 0.720. The van der Waals surface area contributed by atoms with Crippen molar-refractivity contribution in [3.8, 4) is 0 Å². The van der Waals surface area contributed by atoms with Gasteiger partial charge in [0.15, 0.2) is 0 Å². The Hall–Kier alpha value is -0.620. The summed E-state index contributed by atoms with van der Waals surface area (Å²) >= 11 is 2.16. The summed E-state index contributed by atoms with van der Waals surface area (Å²) in [6.45, 7) is 0. The zero-order valence-corrected chi connectivity index (χ0v) is 9.90. The summed E-state index contributed by atoms with van der Waals surface area (Å²) in [5.41, 5.74) is 6.38. The van der Waals surface area contributed by atoms with Gasteiger partial charge in [0.1, 0.15) is 0 Å². The van der Waals surface area contributed by atoms with E-state index in [4.69, 9.17) is 5.73 Å². The molecule has 0 aliphatic rings. The summed E-state index contributed by atoms with van der Waals surface area (Å²) in [4.78, 5) is 11.1. The van der Waals surface area contributed by atoms with E-state index in [-0.39, 0.29) is 11.9 Å². The minimum Gasteiger partial charge on any atom is -0.368 e. The number of amides is 1. The number of rotatable bonds is 5. The monoisotopic (exact) mass is 304 g/mol. The fourth-order valence-electron chi connectivity index (χ4n) is 1.22. The van der Waals surface area contributed by atoms with E-state index >= 15 is 0 Å². The number of hydrogen-bond donors (Lipinski definition) is 2.